The third kappa shape index (κ3) is 3.98. The van der Waals surface area contributed by atoms with Crippen LogP contribution in [0.1, 0.15) is 0 Å². The Morgan fingerprint density at radius 2 is 2.04 bits per heavy atom. The molecule has 2 aromatic carbocycles. The zero-order chi connectivity index (χ0) is 16.9. The second-order valence-electron chi connectivity index (χ2n) is 4.67. The molecule has 9 heteroatoms. The fourth-order valence-corrected chi connectivity index (χ4v) is 2.93. The van der Waals surface area contributed by atoms with Crippen LogP contribution in [-0.2, 0) is 4.79 Å². The van der Waals surface area contributed by atoms with Crippen LogP contribution in [0.2, 0.25) is 0 Å². The highest BCUT2D eigenvalue weighted by Gasteiger charge is 2.12. The van der Waals surface area contributed by atoms with Crippen LogP contribution in [0.25, 0.3) is 5.69 Å². The molecule has 0 atom stereocenters. The molecule has 0 saturated heterocycles. The number of carbonyl (C=O) groups excluding carboxylic acids is 1. The lowest BCUT2D eigenvalue weighted by Gasteiger charge is -2.07. The summed E-state index contributed by atoms with van der Waals surface area (Å²) in [5.41, 5.74) is 0.927. The highest BCUT2D eigenvalue weighted by molar-refractivity contribution is 9.10. The number of carbonyl (C=O) groups is 1. The van der Waals surface area contributed by atoms with Crippen molar-refractivity contribution in [3.8, 4) is 5.69 Å². The second kappa shape index (κ2) is 7.54. The lowest BCUT2D eigenvalue weighted by molar-refractivity contribution is -0.113. The van der Waals surface area contributed by atoms with E-state index in [1.165, 1.54) is 28.6 Å². The molecule has 0 fully saturated rings. The van der Waals surface area contributed by atoms with Gasteiger partial charge in [-0.1, -0.05) is 45.9 Å². The predicted octanol–water partition coefficient (Wildman–Crippen LogP) is 3.29. The van der Waals surface area contributed by atoms with Gasteiger partial charge in [-0.25, -0.2) is 4.39 Å². The van der Waals surface area contributed by atoms with Crippen molar-refractivity contribution < 1.29 is 9.18 Å². The van der Waals surface area contributed by atoms with Crippen molar-refractivity contribution in [1.82, 2.24) is 20.2 Å². The summed E-state index contributed by atoms with van der Waals surface area (Å²) in [5, 5.41) is 14.4. The Kier molecular flexibility index (Phi) is 5.21. The molecule has 0 radical (unpaired) electrons. The van der Waals surface area contributed by atoms with Crippen LogP contribution in [0.3, 0.4) is 0 Å². The van der Waals surface area contributed by atoms with Crippen LogP contribution in [0.5, 0.6) is 0 Å². The highest BCUT2D eigenvalue weighted by atomic mass is 79.9. The van der Waals surface area contributed by atoms with E-state index < -0.39 is 5.82 Å². The number of nitrogens with zero attached hydrogens (tertiary/aromatic N) is 4. The van der Waals surface area contributed by atoms with E-state index >= 15 is 0 Å². The van der Waals surface area contributed by atoms with E-state index in [1.54, 1.807) is 6.07 Å². The molecule has 24 heavy (non-hydrogen) atoms. The minimum Gasteiger partial charge on any atom is -0.323 e. The fraction of sp³-hybridized carbons (Fsp3) is 0.0667. The fourth-order valence-electron chi connectivity index (χ4n) is 1.91. The number of aromatic nitrogens is 4. The number of thioether (sulfide) groups is 1. The molecule has 6 nitrogen and oxygen atoms in total. The molecule has 1 amide bonds. The average molecular weight is 408 g/mol. The Labute approximate surface area is 149 Å². The van der Waals surface area contributed by atoms with Gasteiger partial charge in [-0.2, -0.15) is 4.68 Å². The average Bonchev–Trinajstić information content (AvgIpc) is 3.05. The van der Waals surface area contributed by atoms with Gasteiger partial charge in [0.2, 0.25) is 11.1 Å². The van der Waals surface area contributed by atoms with Gasteiger partial charge in [0.15, 0.2) is 0 Å². The first kappa shape index (κ1) is 16.6. The summed E-state index contributed by atoms with van der Waals surface area (Å²) in [6.07, 6.45) is 0. The largest absolute Gasteiger partial charge is 0.323 e. The molecular formula is C15H11BrFN5OS. The molecule has 0 aliphatic rings. The van der Waals surface area contributed by atoms with Gasteiger partial charge < -0.3 is 5.32 Å². The zero-order valence-electron chi connectivity index (χ0n) is 12.2. The molecule has 0 unspecified atom stereocenters. The van der Waals surface area contributed by atoms with Gasteiger partial charge in [-0.15, -0.1) is 5.10 Å². The van der Waals surface area contributed by atoms with Gasteiger partial charge >= 0.3 is 0 Å². The predicted molar refractivity (Wildman–Crippen MR) is 92.6 cm³/mol. The standard InChI is InChI=1S/C15H11BrFN5OS/c16-10-6-7-13(12(17)8-10)18-14(23)9-24-15-19-20-21-22(15)11-4-2-1-3-5-11/h1-8H,9H2,(H,18,23). The molecule has 3 aromatic rings. The van der Waals surface area contributed by atoms with Crippen molar-refractivity contribution >= 4 is 39.3 Å². The van der Waals surface area contributed by atoms with E-state index in [-0.39, 0.29) is 17.3 Å². The molecule has 1 heterocycles. The number of anilines is 1. The molecule has 0 spiro atoms. The Hall–Kier alpha value is -2.26. The second-order valence-corrected chi connectivity index (χ2v) is 6.53. The van der Waals surface area contributed by atoms with Crippen LogP contribution in [0.4, 0.5) is 10.1 Å². The van der Waals surface area contributed by atoms with E-state index in [2.05, 4.69) is 36.8 Å². The van der Waals surface area contributed by atoms with Crippen molar-refractivity contribution in [1.29, 1.82) is 0 Å². The maximum Gasteiger partial charge on any atom is 0.234 e. The summed E-state index contributed by atoms with van der Waals surface area (Å²) in [6.45, 7) is 0. The molecule has 0 aliphatic heterocycles. The monoisotopic (exact) mass is 407 g/mol. The van der Waals surface area contributed by atoms with Crippen molar-refractivity contribution in [2.24, 2.45) is 0 Å². The number of para-hydroxylation sites is 1. The van der Waals surface area contributed by atoms with Gasteiger partial charge in [-0.3, -0.25) is 4.79 Å². The number of benzene rings is 2. The molecule has 3 rings (SSSR count). The summed E-state index contributed by atoms with van der Waals surface area (Å²) in [5.74, 6) is -0.788. The summed E-state index contributed by atoms with van der Waals surface area (Å²) < 4.78 is 15.9. The van der Waals surface area contributed by atoms with Crippen LogP contribution in [-0.4, -0.2) is 31.9 Å². The number of amides is 1. The van der Waals surface area contributed by atoms with Crippen molar-refractivity contribution in [2.45, 2.75) is 5.16 Å². The van der Waals surface area contributed by atoms with E-state index in [1.807, 2.05) is 30.3 Å². The van der Waals surface area contributed by atoms with E-state index in [0.717, 1.165) is 5.69 Å². The smallest absolute Gasteiger partial charge is 0.234 e. The lowest BCUT2D eigenvalue weighted by Crippen LogP contribution is -2.15. The molecule has 0 aliphatic carbocycles. The summed E-state index contributed by atoms with van der Waals surface area (Å²) >= 11 is 4.34. The minimum absolute atomic E-state index is 0.0582. The lowest BCUT2D eigenvalue weighted by atomic mass is 10.3. The van der Waals surface area contributed by atoms with Crippen LogP contribution in [0, 0.1) is 5.82 Å². The SMILES string of the molecule is O=C(CSc1nnnn1-c1ccccc1)Nc1ccc(Br)cc1F. The highest BCUT2D eigenvalue weighted by Crippen LogP contribution is 2.21. The maximum atomic E-state index is 13.7. The van der Waals surface area contributed by atoms with Gasteiger partial charge in [0.1, 0.15) is 5.82 Å². The Morgan fingerprint density at radius 1 is 1.25 bits per heavy atom. The number of rotatable bonds is 5. The van der Waals surface area contributed by atoms with Crippen LogP contribution < -0.4 is 5.32 Å². The zero-order valence-corrected chi connectivity index (χ0v) is 14.6. The number of hydrogen-bond donors (Lipinski definition) is 1. The number of hydrogen-bond acceptors (Lipinski definition) is 5. The van der Waals surface area contributed by atoms with Gasteiger partial charge in [0.05, 0.1) is 17.1 Å². The maximum absolute atomic E-state index is 13.7. The molecule has 1 aromatic heterocycles. The van der Waals surface area contributed by atoms with Gasteiger partial charge in [0, 0.05) is 4.47 Å². The Bertz CT molecular complexity index is 858. The van der Waals surface area contributed by atoms with Gasteiger partial charge in [-0.05, 0) is 40.8 Å². The number of halogens is 2. The molecule has 1 N–H and O–H groups in total. The van der Waals surface area contributed by atoms with E-state index in [4.69, 9.17) is 0 Å². The van der Waals surface area contributed by atoms with Crippen molar-refractivity contribution in [3.05, 3.63) is 58.8 Å². The minimum atomic E-state index is -0.503. The summed E-state index contributed by atoms with van der Waals surface area (Å²) in [7, 11) is 0. The molecular weight excluding hydrogens is 397 g/mol. The summed E-state index contributed by atoms with van der Waals surface area (Å²) in [4.78, 5) is 12.0. The first-order valence-electron chi connectivity index (χ1n) is 6.85. The van der Waals surface area contributed by atoms with E-state index in [9.17, 15) is 9.18 Å². The number of tetrazole rings is 1. The van der Waals surface area contributed by atoms with Crippen LogP contribution in [0.15, 0.2) is 58.2 Å². The Morgan fingerprint density at radius 3 is 2.79 bits per heavy atom. The molecule has 122 valence electrons. The quantitative estimate of drug-likeness (QED) is 0.656. The first-order chi connectivity index (χ1) is 11.6. The van der Waals surface area contributed by atoms with Gasteiger partial charge in [0.25, 0.3) is 0 Å². The first-order valence-corrected chi connectivity index (χ1v) is 8.63. The topological polar surface area (TPSA) is 72.7 Å². The third-order valence-corrected chi connectivity index (χ3v) is 4.39. The van der Waals surface area contributed by atoms with E-state index in [0.29, 0.717) is 9.63 Å². The van der Waals surface area contributed by atoms with Crippen LogP contribution >= 0.6 is 27.7 Å². The van der Waals surface area contributed by atoms with Crippen molar-refractivity contribution in [2.75, 3.05) is 11.1 Å². The normalized spacial score (nSPS) is 10.6. The van der Waals surface area contributed by atoms with Crippen molar-refractivity contribution in [3.63, 3.8) is 0 Å². The number of nitrogens with one attached hydrogen (secondary N) is 1. The Balaban J connectivity index is 1.64. The molecule has 0 saturated carbocycles. The molecule has 0 bridgehead atoms. The third-order valence-electron chi connectivity index (χ3n) is 2.98. The summed E-state index contributed by atoms with van der Waals surface area (Å²) in [6, 6.07) is 13.8.